The van der Waals surface area contributed by atoms with Crippen LogP contribution in [0.25, 0.3) is 0 Å². The molecule has 0 aliphatic carbocycles. The van der Waals surface area contributed by atoms with Gasteiger partial charge in [-0.25, -0.2) is 0 Å². The molecule has 100 valence electrons. The van der Waals surface area contributed by atoms with Crippen molar-refractivity contribution in [2.45, 2.75) is 45.1 Å². The van der Waals surface area contributed by atoms with Gasteiger partial charge in [-0.05, 0) is 31.4 Å². The Morgan fingerprint density at radius 3 is 2.61 bits per heavy atom. The number of nitrogens with zero attached hydrogens (tertiary/aromatic N) is 1. The van der Waals surface area contributed by atoms with Gasteiger partial charge in [0.25, 0.3) is 0 Å². The first-order valence-corrected chi connectivity index (χ1v) is 6.56. The molecule has 4 heteroatoms. The van der Waals surface area contributed by atoms with Crippen LogP contribution in [0.5, 0.6) is 0 Å². The fourth-order valence-electron chi connectivity index (χ4n) is 1.91. The van der Waals surface area contributed by atoms with Crippen LogP contribution in [0.4, 0.5) is 0 Å². The van der Waals surface area contributed by atoms with Crippen molar-refractivity contribution < 1.29 is 4.79 Å². The zero-order chi connectivity index (χ0) is 13.4. The Labute approximate surface area is 109 Å². The lowest BCUT2D eigenvalue weighted by molar-refractivity contribution is -0.123. The molecule has 1 amide bonds. The van der Waals surface area contributed by atoms with Crippen molar-refractivity contribution in [2.75, 3.05) is 6.54 Å². The summed E-state index contributed by atoms with van der Waals surface area (Å²) in [7, 11) is 0. The summed E-state index contributed by atoms with van der Waals surface area (Å²) >= 11 is 0. The number of amides is 1. The number of aromatic nitrogens is 1. The Bertz CT molecular complexity index is 352. The molecule has 1 rings (SSSR count). The van der Waals surface area contributed by atoms with Gasteiger partial charge in [0, 0.05) is 24.9 Å². The Morgan fingerprint density at radius 2 is 2.11 bits per heavy atom. The SMILES string of the molecule is CCC(CC)(CN)NC(=O)CCc1ccccn1. The van der Waals surface area contributed by atoms with Crippen LogP contribution >= 0.6 is 0 Å². The van der Waals surface area contributed by atoms with Gasteiger partial charge in [0.05, 0.1) is 5.54 Å². The van der Waals surface area contributed by atoms with E-state index in [1.54, 1.807) is 6.20 Å². The maximum atomic E-state index is 11.9. The molecule has 4 nitrogen and oxygen atoms in total. The molecule has 0 fully saturated rings. The van der Waals surface area contributed by atoms with Crippen molar-refractivity contribution in [2.24, 2.45) is 5.73 Å². The average Bonchev–Trinajstić information content (AvgIpc) is 2.44. The Kier molecular flexibility index (Phi) is 5.78. The molecule has 1 heterocycles. The molecule has 0 bridgehead atoms. The van der Waals surface area contributed by atoms with Crippen LogP contribution in [0, 0.1) is 0 Å². The van der Waals surface area contributed by atoms with Gasteiger partial charge >= 0.3 is 0 Å². The maximum absolute atomic E-state index is 11.9. The van der Waals surface area contributed by atoms with Gasteiger partial charge < -0.3 is 11.1 Å². The highest BCUT2D eigenvalue weighted by Gasteiger charge is 2.25. The van der Waals surface area contributed by atoms with Gasteiger partial charge in [-0.15, -0.1) is 0 Å². The maximum Gasteiger partial charge on any atom is 0.220 e. The Hall–Kier alpha value is -1.42. The van der Waals surface area contributed by atoms with Crippen molar-refractivity contribution in [3.8, 4) is 0 Å². The number of hydrogen-bond donors (Lipinski definition) is 2. The lowest BCUT2D eigenvalue weighted by Crippen LogP contribution is -2.52. The highest BCUT2D eigenvalue weighted by Crippen LogP contribution is 2.13. The normalized spacial score (nSPS) is 11.3. The van der Waals surface area contributed by atoms with Crippen LogP contribution in [0.3, 0.4) is 0 Å². The summed E-state index contributed by atoms with van der Waals surface area (Å²) in [6.45, 7) is 4.58. The quantitative estimate of drug-likeness (QED) is 0.772. The predicted molar refractivity (Wildman–Crippen MR) is 73.1 cm³/mol. The zero-order valence-electron chi connectivity index (χ0n) is 11.3. The lowest BCUT2D eigenvalue weighted by Gasteiger charge is -2.31. The van der Waals surface area contributed by atoms with Crippen molar-refractivity contribution in [3.05, 3.63) is 30.1 Å². The van der Waals surface area contributed by atoms with E-state index >= 15 is 0 Å². The van der Waals surface area contributed by atoms with E-state index < -0.39 is 0 Å². The van der Waals surface area contributed by atoms with Crippen LogP contribution < -0.4 is 11.1 Å². The van der Waals surface area contributed by atoms with Crippen molar-refractivity contribution in [3.63, 3.8) is 0 Å². The Morgan fingerprint density at radius 1 is 1.39 bits per heavy atom. The van der Waals surface area contributed by atoms with Crippen LogP contribution in [-0.4, -0.2) is 23.0 Å². The van der Waals surface area contributed by atoms with Crippen LogP contribution in [0.1, 0.15) is 38.8 Å². The molecule has 0 aliphatic heterocycles. The Balaban J connectivity index is 2.46. The number of carbonyl (C=O) groups excluding carboxylic acids is 1. The summed E-state index contributed by atoms with van der Waals surface area (Å²) in [5, 5.41) is 3.06. The summed E-state index contributed by atoms with van der Waals surface area (Å²) in [6, 6.07) is 5.74. The minimum atomic E-state index is -0.249. The van der Waals surface area contributed by atoms with E-state index in [0.29, 0.717) is 19.4 Å². The third-order valence-electron chi connectivity index (χ3n) is 3.48. The fourth-order valence-corrected chi connectivity index (χ4v) is 1.91. The van der Waals surface area contributed by atoms with Crippen molar-refractivity contribution in [1.29, 1.82) is 0 Å². The second kappa shape index (κ2) is 7.11. The van der Waals surface area contributed by atoms with E-state index in [1.807, 2.05) is 18.2 Å². The van der Waals surface area contributed by atoms with Gasteiger partial charge in [-0.3, -0.25) is 9.78 Å². The minimum Gasteiger partial charge on any atom is -0.349 e. The number of hydrogen-bond acceptors (Lipinski definition) is 3. The fraction of sp³-hybridized carbons (Fsp3) is 0.571. The minimum absolute atomic E-state index is 0.0507. The van der Waals surface area contributed by atoms with Crippen molar-refractivity contribution in [1.82, 2.24) is 10.3 Å². The van der Waals surface area contributed by atoms with Crippen LogP contribution in [0.2, 0.25) is 0 Å². The number of rotatable bonds is 7. The predicted octanol–water partition coefficient (Wildman–Crippen LogP) is 1.65. The number of nitrogens with one attached hydrogen (secondary N) is 1. The van der Waals surface area contributed by atoms with E-state index in [4.69, 9.17) is 5.73 Å². The molecule has 3 N–H and O–H groups in total. The summed E-state index contributed by atoms with van der Waals surface area (Å²) < 4.78 is 0. The molecular formula is C14H23N3O. The number of aryl methyl sites for hydroxylation is 1. The first-order valence-electron chi connectivity index (χ1n) is 6.56. The third kappa shape index (κ3) is 4.11. The first kappa shape index (κ1) is 14.6. The highest BCUT2D eigenvalue weighted by molar-refractivity contribution is 5.77. The average molecular weight is 249 g/mol. The van der Waals surface area contributed by atoms with E-state index in [-0.39, 0.29) is 11.4 Å². The van der Waals surface area contributed by atoms with E-state index in [9.17, 15) is 4.79 Å². The van der Waals surface area contributed by atoms with E-state index in [2.05, 4.69) is 24.1 Å². The smallest absolute Gasteiger partial charge is 0.220 e. The molecule has 0 aliphatic rings. The molecule has 0 unspecified atom stereocenters. The second-order valence-electron chi connectivity index (χ2n) is 4.56. The van der Waals surface area contributed by atoms with Crippen LogP contribution in [0.15, 0.2) is 24.4 Å². The van der Waals surface area contributed by atoms with Crippen LogP contribution in [-0.2, 0) is 11.2 Å². The molecule has 1 aromatic rings. The third-order valence-corrected chi connectivity index (χ3v) is 3.48. The molecule has 0 radical (unpaired) electrons. The largest absolute Gasteiger partial charge is 0.349 e. The van der Waals surface area contributed by atoms with Gasteiger partial charge in [0.2, 0.25) is 5.91 Å². The summed E-state index contributed by atoms with van der Waals surface area (Å²) in [4.78, 5) is 16.1. The molecule has 0 saturated carbocycles. The number of nitrogens with two attached hydrogens (primary N) is 1. The number of pyridine rings is 1. The summed E-state index contributed by atoms with van der Waals surface area (Å²) in [5.74, 6) is 0.0507. The standard InChI is InChI=1S/C14H23N3O/c1-3-14(4-2,11-15)17-13(18)9-8-12-7-5-6-10-16-12/h5-7,10H,3-4,8-9,11,15H2,1-2H3,(H,17,18). The number of carbonyl (C=O) groups is 1. The monoisotopic (exact) mass is 249 g/mol. The van der Waals surface area contributed by atoms with Crippen molar-refractivity contribution >= 4 is 5.91 Å². The molecular weight excluding hydrogens is 226 g/mol. The second-order valence-corrected chi connectivity index (χ2v) is 4.56. The van der Waals surface area contributed by atoms with E-state index in [0.717, 1.165) is 18.5 Å². The van der Waals surface area contributed by atoms with Gasteiger partial charge in [-0.1, -0.05) is 19.9 Å². The topological polar surface area (TPSA) is 68.0 Å². The molecule has 0 atom stereocenters. The summed E-state index contributed by atoms with van der Waals surface area (Å²) in [6.07, 6.45) is 4.58. The molecule has 1 aromatic heterocycles. The summed E-state index contributed by atoms with van der Waals surface area (Å²) in [5.41, 5.74) is 6.45. The lowest BCUT2D eigenvalue weighted by atomic mass is 9.92. The zero-order valence-corrected chi connectivity index (χ0v) is 11.3. The van der Waals surface area contributed by atoms with Gasteiger partial charge in [0.15, 0.2) is 0 Å². The highest BCUT2D eigenvalue weighted by atomic mass is 16.1. The molecule has 0 aromatic carbocycles. The molecule has 18 heavy (non-hydrogen) atoms. The molecule has 0 spiro atoms. The molecule has 0 saturated heterocycles. The first-order chi connectivity index (χ1) is 8.65. The van der Waals surface area contributed by atoms with E-state index in [1.165, 1.54) is 0 Å². The van der Waals surface area contributed by atoms with Gasteiger partial charge in [-0.2, -0.15) is 0 Å². The van der Waals surface area contributed by atoms with Gasteiger partial charge in [0.1, 0.15) is 0 Å².